The van der Waals surface area contributed by atoms with Gasteiger partial charge in [0.2, 0.25) is 0 Å². The third-order valence-corrected chi connectivity index (χ3v) is 2.68. The number of hydrogen-bond donors (Lipinski definition) is 0. The van der Waals surface area contributed by atoms with Gasteiger partial charge < -0.3 is 0 Å². The highest BCUT2D eigenvalue weighted by Crippen LogP contribution is 2.26. The molecular weight excluding hydrogens is 263 g/mol. The van der Waals surface area contributed by atoms with Gasteiger partial charge in [0.15, 0.2) is 0 Å². The van der Waals surface area contributed by atoms with Crippen LogP contribution in [0.1, 0.15) is 23.2 Å². The summed E-state index contributed by atoms with van der Waals surface area (Å²) in [4.78, 5) is 3.92. The van der Waals surface area contributed by atoms with Crippen LogP contribution in [0, 0.1) is 6.92 Å². The first-order valence-electron chi connectivity index (χ1n) is 3.56. The number of alkyl halides is 3. The average molecular weight is 271 g/mol. The van der Waals surface area contributed by atoms with Gasteiger partial charge in [-0.1, -0.05) is 0 Å². The van der Waals surface area contributed by atoms with Crippen molar-refractivity contribution in [2.24, 2.45) is 0 Å². The Kier molecular flexibility index (Phi) is 3.62. The highest BCUT2D eigenvalue weighted by Gasteiger charge is 2.15. The van der Waals surface area contributed by atoms with Crippen LogP contribution in [0.15, 0.2) is 10.7 Å². The maximum atomic E-state index is 12.4. The molecule has 0 spiro atoms. The van der Waals surface area contributed by atoms with E-state index in [-0.39, 0.29) is 17.1 Å². The summed E-state index contributed by atoms with van der Waals surface area (Å²) in [7, 11) is 0. The quantitative estimate of drug-likeness (QED) is 0.588. The Morgan fingerprint density at radius 1 is 1.62 bits per heavy atom. The van der Waals surface area contributed by atoms with Gasteiger partial charge >= 0.3 is 0 Å². The highest BCUT2D eigenvalue weighted by molar-refractivity contribution is 9.10. The molecule has 0 aliphatic rings. The first-order valence-corrected chi connectivity index (χ1v) is 4.89. The average Bonchev–Trinajstić information content (AvgIpc) is 2.08. The molecule has 0 saturated heterocycles. The molecule has 0 N–H and O–H groups in total. The zero-order valence-electron chi connectivity index (χ0n) is 6.82. The monoisotopic (exact) mass is 269 g/mol. The largest absolute Gasteiger partial charge is 0.265 e. The smallest absolute Gasteiger partial charge is 0.244 e. The molecular formula is C8H7BrClF2N. The molecule has 1 nitrogen and oxygen atoms in total. The fourth-order valence-corrected chi connectivity index (χ4v) is 1.49. The summed E-state index contributed by atoms with van der Waals surface area (Å²) in [6.45, 7) is 1.71. The predicted molar refractivity (Wildman–Crippen MR) is 51.2 cm³/mol. The third-order valence-electron chi connectivity index (χ3n) is 1.63. The maximum absolute atomic E-state index is 12.4. The van der Waals surface area contributed by atoms with E-state index in [1.807, 2.05) is 0 Å². The summed E-state index contributed by atoms with van der Waals surface area (Å²) in [6.07, 6.45) is -2.52. The van der Waals surface area contributed by atoms with Crippen LogP contribution in [0.3, 0.4) is 0 Å². The van der Waals surface area contributed by atoms with Crippen molar-refractivity contribution < 1.29 is 8.78 Å². The first kappa shape index (κ1) is 10.9. The van der Waals surface area contributed by atoms with Gasteiger partial charge in [0.1, 0.15) is 4.60 Å². The molecule has 1 heterocycles. The first-order chi connectivity index (χ1) is 6.06. The van der Waals surface area contributed by atoms with Crippen molar-refractivity contribution in [3.63, 3.8) is 0 Å². The lowest BCUT2D eigenvalue weighted by Gasteiger charge is -2.07. The van der Waals surface area contributed by atoms with E-state index >= 15 is 0 Å². The van der Waals surface area contributed by atoms with E-state index in [4.69, 9.17) is 11.6 Å². The van der Waals surface area contributed by atoms with E-state index in [9.17, 15) is 8.78 Å². The number of aromatic nitrogens is 1. The van der Waals surface area contributed by atoms with Crippen LogP contribution in [0.25, 0.3) is 0 Å². The van der Waals surface area contributed by atoms with E-state index in [1.54, 1.807) is 6.92 Å². The van der Waals surface area contributed by atoms with Crippen molar-refractivity contribution in [3.8, 4) is 0 Å². The molecule has 0 unspecified atom stereocenters. The van der Waals surface area contributed by atoms with Gasteiger partial charge in [0.25, 0.3) is 6.43 Å². The molecule has 1 aromatic heterocycles. The third kappa shape index (κ3) is 2.38. The summed E-state index contributed by atoms with van der Waals surface area (Å²) < 4.78 is 25.4. The lowest BCUT2D eigenvalue weighted by Crippen LogP contribution is -1.98. The second kappa shape index (κ2) is 4.33. The Hall–Kier alpha value is -0.220. The Balaban J connectivity index is 3.25. The molecule has 1 aromatic rings. The van der Waals surface area contributed by atoms with Gasteiger partial charge in [-0.05, 0) is 34.5 Å². The second-order valence-electron chi connectivity index (χ2n) is 2.57. The molecule has 1 rings (SSSR count). The van der Waals surface area contributed by atoms with Gasteiger partial charge in [-0.3, -0.25) is 0 Å². The van der Waals surface area contributed by atoms with Crippen LogP contribution < -0.4 is 0 Å². The van der Waals surface area contributed by atoms with Gasteiger partial charge in [-0.25, -0.2) is 13.8 Å². The van der Waals surface area contributed by atoms with Crippen molar-refractivity contribution in [1.29, 1.82) is 0 Å². The van der Waals surface area contributed by atoms with Crippen LogP contribution in [-0.2, 0) is 5.88 Å². The standard InChI is InChI=1S/C8H7BrClF2N/c1-4-2-5(8(11)12)6(3-10)13-7(4)9/h2,8H,3H2,1H3. The maximum Gasteiger partial charge on any atom is 0.265 e. The Bertz CT molecular complexity index is 317. The van der Waals surface area contributed by atoms with Crippen molar-refractivity contribution in [2.45, 2.75) is 19.2 Å². The topological polar surface area (TPSA) is 12.9 Å². The van der Waals surface area contributed by atoms with Gasteiger partial charge in [0.05, 0.1) is 11.6 Å². The van der Waals surface area contributed by atoms with E-state index in [0.717, 1.165) is 0 Å². The van der Waals surface area contributed by atoms with E-state index in [1.165, 1.54) is 6.07 Å². The Morgan fingerprint density at radius 3 is 2.69 bits per heavy atom. The number of halogens is 4. The number of rotatable bonds is 2. The summed E-state index contributed by atoms with van der Waals surface area (Å²) >= 11 is 8.64. The molecule has 0 saturated carbocycles. The van der Waals surface area contributed by atoms with Gasteiger partial charge in [-0.2, -0.15) is 0 Å². The second-order valence-corrected chi connectivity index (χ2v) is 3.58. The van der Waals surface area contributed by atoms with Crippen molar-refractivity contribution in [2.75, 3.05) is 0 Å². The lowest BCUT2D eigenvalue weighted by atomic mass is 10.1. The SMILES string of the molecule is Cc1cc(C(F)F)c(CCl)nc1Br. The minimum absolute atomic E-state index is 0.00144. The number of pyridine rings is 1. The summed E-state index contributed by atoms with van der Waals surface area (Å²) in [5, 5.41) is 0. The van der Waals surface area contributed by atoms with E-state index in [2.05, 4.69) is 20.9 Å². The molecule has 0 aliphatic heterocycles. The molecule has 5 heteroatoms. The summed E-state index contributed by atoms with van der Waals surface area (Å²) in [6, 6.07) is 1.40. The Morgan fingerprint density at radius 2 is 2.23 bits per heavy atom. The fourth-order valence-electron chi connectivity index (χ4n) is 0.943. The molecule has 0 aromatic carbocycles. The van der Waals surface area contributed by atoms with E-state index in [0.29, 0.717) is 10.2 Å². The fraction of sp³-hybridized carbons (Fsp3) is 0.375. The molecule has 0 aliphatic carbocycles. The Labute approximate surface area is 88.2 Å². The van der Waals surface area contributed by atoms with Crippen molar-refractivity contribution in [1.82, 2.24) is 4.98 Å². The van der Waals surface area contributed by atoms with Crippen LogP contribution in [0.5, 0.6) is 0 Å². The minimum atomic E-state index is -2.52. The van der Waals surface area contributed by atoms with Gasteiger partial charge in [-0.15, -0.1) is 11.6 Å². The predicted octanol–water partition coefficient (Wildman–Crippen LogP) is 3.83. The van der Waals surface area contributed by atoms with Crippen LogP contribution in [-0.4, -0.2) is 4.98 Å². The molecule has 0 amide bonds. The van der Waals surface area contributed by atoms with Crippen LogP contribution in [0.2, 0.25) is 0 Å². The highest BCUT2D eigenvalue weighted by atomic mass is 79.9. The molecule has 0 atom stereocenters. The number of nitrogens with zero attached hydrogens (tertiary/aromatic N) is 1. The summed E-state index contributed by atoms with van der Waals surface area (Å²) in [5.41, 5.74) is 0.828. The number of aryl methyl sites for hydroxylation is 1. The molecule has 0 bridgehead atoms. The zero-order chi connectivity index (χ0) is 10.0. The lowest BCUT2D eigenvalue weighted by molar-refractivity contribution is 0.150. The molecule has 13 heavy (non-hydrogen) atoms. The number of hydrogen-bond acceptors (Lipinski definition) is 1. The van der Waals surface area contributed by atoms with Crippen molar-refractivity contribution >= 4 is 27.5 Å². The molecule has 72 valence electrons. The van der Waals surface area contributed by atoms with Gasteiger partial charge in [0, 0.05) is 5.56 Å². The van der Waals surface area contributed by atoms with E-state index < -0.39 is 6.43 Å². The molecule has 0 radical (unpaired) electrons. The van der Waals surface area contributed by atoms with Crippen LogP contribution in [0.4, 0.5) is 8.78 Å². The minimum Gasteiger partial charge on any atom is -0.244 e. The van der Waals surface area contributed by atoms with Crippen molar-refractivity contribution in [3.05, 3.63) is 27.5 Å². The molecule has 0 fully saturated rings. The normalized spacial score (nSPS) is 10.9. The zero-order valence-corrected chi connectivity index (χ0v) is 9.16. The van der Waals surface area contributed by atoms with Crippen LogP contribution >= 0.6 is 27.5 Å². The summed E-state index contributed by atoms with van der Waals surface area (Å²) in [5.74, 6) is -0.00144.